The Morgan fingerprint density at radius 1 is 1.32 bits per heavy atom. The number of carbonyl (C=O) groups excluding carboxylic acids is 1. The molecule has 132 valence electrons. The lowest BCUT2D eigenvalue weighted by molar-refractivity contribution is 0.0715. The summed E-state index contributed by atoms with van der Waals surface area (Å²) < 4.78 is 1.88. The Balaban J connectivity index is 1.50. The summed E-state index contributed by atoms with van der Waals surface area (Å²) in [4.78, 5) is 23.5. The van der Waals surface area contributed by atoms with Gasteiger partial charge in [0.05, 0.1) is 18.3 Å². The van der Waals surface area contributed by atoms with Gasteiger partial charge in [0.2, 0.25) is 5.95 Å². The minimum Gasteiger partial charge on any atom is -0.357 e. The number of rotatable bonds is 5. The highest BCUT2D eigenvalue weighted by Crippen LogP contribution is 2.38. The van der Waals surface area contributed by atoms with E-state index in [2.05, 4.69) is 25.6 Å². The van der Waals surface area contributed by atoms with Crippen LogP contribution in [0, 0.1) is 6.92 Å². The quantitative estimate of drug-likeness (QED) is 0.888. The predicted molar refractivity (Wildman–Crippen MR) is 92.4 cm³/mol. The van der Waals surface area contributed by atoms with Crippen LogP contribution in [0.3, 0.4) is 0 Å². The normalized spacial score (nSPS) is 20.1. The fraction of sp³-hybridized carbons (Fsp3) is 0.588. The van der Waals surface area contributed by atoms with Crippen molar-refractivity contribution >= 4 is 11.9 Å². The molecule has 1 aliphatic heterocycles. The summed E-state index contributed by atoms with van der Waals surface area (Å²) in [6, 6.07) is 1.88. The number of aryl methyl sites for hydroxylation is 1. The van der Waals surface area contributed by atoms with Crippen molar-refractivity contribution in [3.8, 4) is 0 Å². The minimum atomic E-state index is -0.0352. The molecule has 0 spiro atoms. The second-order valence-electron chi connectivity index (χ2n) is 6.90. The maximum absolute atomic E-state index is 13.0. The molecular weight excluding hydrogens is 318 g/mol. The van der Waals surface area contributed by atoms with Gasteiger partial charge in [-0.25, -0.2) is 9.97 Å². The van der Waals surface area contributed by atoms with Crippen LogP contribution in [0.5, 0.6) is 0 Å². The average molecular weight is 341 g/mol. The molecule has 1 amide bonds. The van der Waals surface area contributed by atoms with Crippen molar-refractivity contribution in [2.24, 2.45) is 0 Å². The molecule has 8 nitrogen and oxygen atoms in total. The van der Waals surface area contributed by atoms with E-state index in [1.54, 1.807) is 13.1 Å². The van der Waals surface area contributed by atoms with E-state index in [0.717, 1.165) is 30.8 Å². The molecule has 2 aromatic rings. The maximum atomic E-state index is 13.0. The monoisotopic (exact) mass is 341 g/mol. The van der Waals surface area contributed by atoms with Gasteiger partial charge in [-0.05, 0) is 38.7 Å². The van der Waals surface area contributed by atoms with Gasteiger partial charge in [-0.3, -0.25) is 9.48 Å². The van der Waals surface area contributed by atoms with Crippen LogP contribution < -0.4 is 5.32 Å². The van der Waals surface area contributed by atoms with Crippen molar-refractivity contribution in [1.29, 1.82) is 0 Å². The van der Waals surface area contributed by atoms with Gasteiger partial charge in [-0.2, -0.15) is 0 Å². The van der Waals surface area contributed by atoms with Crippen LogP contribution >= 0.6 is 0 Å². The molecule has 1 atom stereocenters. The van der Waals surface area contributed by atoms with Gasteiger partial charge in [0, 0.05) is 31.4 Å². The summed E-state index contributed by atoms with van der Waals surface area (Å²) >= 11 is 0. The predicted octanol–water partition coefficient (Wildman–Crippen LogP) is 1.60. The molecule has 1 N–H and O–H groups in total. The number of hydrogen-bond acceptors (Lipinski definition) is 6. The Bertz CT molecular complexity index is 783. The van der Waals surface area contributed by atoms with Crippen molar-refractivity contribution in [3.63, 3.8) is 0 Å². The lowest BCUT2D eigenvalue weighted by Crippen LogP contribution is -2.38. The Morgan fingerprint density at radius 3 is 2.92 bits per heavy atom. The number of aromatic nitrogens is 5. The second kappa shape index (κ2) is 6.42. The first-order valence-electron chi connectivity index (χ1n) is 8.88. The Morgan fingerprint density at radius 2 is 2.16 bits per heavy atom. The number of hydrogen-bond donors (Lipinski definition) is 1. The van der Waals surface area contributed by atoms with Crippen LogP contribution in [-0.4, -0.2) is 55.4 Å². The minimum absolute atomic E-state index is 0.0352. The van der Waals surface area contributed by atoms with Crippen LogP contribution in [0.4, 0.5) is 5.95 Å². The summed E-state index contributed by atoms with van der Waals surface area (Å²) in [5.41, 5.74) is 2.31. The smallest absolute Gasteiger partial charge is 0.272 e. The van der Waals surface area contributed by atoms with E-state index in [0.29, 0.717) is 24.1 Å². The van der Waals surface area contributed by atoms with Gasteiger partial charge in [0.1, 0.15) is 5.69 Å². The first-order valence-corrected chi connectivity index (χ1v) is 8.88. The fourth-order valence-electron chi connectivity index (χ4n) is 3.41. The lowest BCUT2D eigenvalue weighted by Gasteiger charge is -2.24. The zero-order valence-corrected chi connectivity index (χ0v) is 14.6. The molecule has 8 heteroatoms. The maximum Gasteiger partial charge on any atom is 0.272 e. The summed E-state index contributed by atoms with van der Waals surface area (Å²) in [6.07, 6.45) is 6.45. The first kappa shape index (κ1) is 16.0. The molecule has 4 rings (SSSR count). The topological polar surface area (TPSA) is 88.8 Å². The summed E-state index contributed by atoms with van der Waals surface area (Å²) in [6.45, 7) is 3.32. The molecule has 1 saturated heterocycles. The average Bonchev–Trinajstić information content (AvgIpc) is 3.18. The lowest BCUT2D eigenvalue weighted by atomic mass is 10.2. The third-order valence-corrected chi connectivity index (χ3v) is 4.88. The standard InChI is InChI=1S/C17H23N7O/c1-11-8-14(20-17(18-2)19-11)16(25)24-7-3-4-13(24)9-23-10-15(21-22-23)12-5-6-12/h8,10,12-13H,3-7,9H2,1-2H3,(H,18,19,20)/t13-/m0/s1. The molecule has 2 fully saturated rings. The van der Waals surface area contributed by atoms with E-state index in [-0.39, 0.29) is 11.9 Å². The molecule has 2 aromatic heterocycles. The highest BCUT2D eigenvalue weighted by Gasteiger charge is 2.32. The van der Waals surface area contributed by atoms with E-state index in [9.17, 15) is 4.79 Å². The Labute approximate surface area is 146 Å². The summed E-state index contributed by atoms with van der Waals surface area (Å²) in [5.74, 6) is 1.04. The van der Waals surface area contributed by atoms with Gasteiger partial charge < -0.3 is 10.2 Å². The molecule has 2 aliphatic rings. The number of anilines is 1. The van der Waals surface area contributed by atoms with E-state index >= 15 is 0 Å². The van der Waals surface area contributed by atoms with Crippen LogP contribution in [0.1, 0.15) is 53.5 Å². The first-order chi connectivity index (χ1) is 12.1. The summed E-state index contributed by atoms with van der Waals surface area (Å²) in [5, 5.41) is 11.4. The van der Waals surface area contributed by atoms with Crippen molar-refractivity contribution in [2.45, 2.75) is 51.1 Å². The zero-order valence-electron chi connectivity index (χ0n) is 14.6. The Hall–Kier alpha value is -2.51. The van der Waals surface area contributed by atoms with Crippen LogP contribution in [0.2, 0.25) is 0 Å². The third kappa shape index (κ3) is 3.33. The molecule has 1 saturated carbocycles. The molecule has 3 heterocycles. The van der Waals surface area contributed by atoms with Gasteiger partial charge in [0.15, 0.2) is 0 Å². The number of nitrogens with zero attached hydrogens (tertiary/aromatic N) is 6. The van der Waals surface area contributed by atoms with Crippen molar-refractivity contribution in [3.05, 3.63) is 29.3 Å². The molecule has 1 aliphatic carbocycles. The number of likely N-dealkylation sites (tertiary alicyclic amines) is 1. The van der Waals surface area contributed by atoms with E-state index in [4.69, 9.17) is 0 Å². The number of nitrogens with one attached hydrogen (secondary N) is 1. The second-order valence-corrected chi connectivity index (χ2v) is 6.90. The fourth-order valence-corrected chi connectivity index (χ4v) is 3.41. The SMILES string of the molecule is CNc1nc(C)cc(C(=O)N2CCC[C@H]2Cn2cc(C3CC3)nn2)n1. The van der Waals surface area contributed by atoms with Gasteiger partial charge >= 0.3 is 0 Å². The highest BCUT2D eigenvalue weighted by atomic mass is 16.2. The Kier molecular flexibility index (Phi) is 4.10. The molecule has 0 radical (unpaired) electrons. The van der Waals surface area contributed by atoms with Gasteiger partial charge in [0.25, 0.3) is 5.91 Å². The van der Waals surface area contributed by atoms with Crippen LogP contribution in [0.15, 0.2) is 12.3 Å². The van der Waals surface area contributed by atoms with E-state index in [1.807, 2.05) is 22.7 Å². The molecule has 0 bridgehead atoms. The largest absolute Gasteiger partial charge is 0.357 e. The summed E-state index contributed by atoms with van der Waals surface area (Å²) in [7, 11) is 1.75. The molecular formula is C17H23N7O. The highest BCUT2D eigenvalue weighted by molar-refractivity contribution is 5.93. The van der Waals surface area contributed by atoms with Crippen molar-refractivity contribution in [1.82, 2.24) is 29.9 Å². The zero-order chi connectivity index (χ0) is 17.4. The van der Waals surface area contributed by atoms with E-state index in [1.165, 1.54) is 12.8 Å². The molecule has 0 aromatic carbocycles. The van der Waals surface area contributed by atoms with Crippen LogP contribution in [-0.2, 0) is 6.54 Å². The van der Waals surface area contributed by atoms with Crippen molar-refractivity contribution < 1.29 is 4.79 Å². The molecule has 25 heavy (non-hydrogen) atoms. The van der Waals surface area contributed by atoms with Crippen LogP contribution in [0.25, 0.3) is 0 Å². The third-order valence-electron chi connectivity index (χ3n) is 4.88. The van der Waals surface area contributed by atoms with Gasteiger partial charge in [-0.15, -0.1) is 5.10 Å². The van der Waals surface area contributed by atoms with Gasteiger partial charge in [-0.1, -0.05) is 5.21 Å². The number of carbonyl (C=O) groups is 1. The van der Waals surface area contributed by atoms with Crippen molar-refractivity contribution in [2.75, 3.05) is 18.9 Å². The van der Waals surface area contributed by atoms with E-state index < -0.39 is 0 Å². The molecule has 0 unspecified atom stereocenters. The number of amides is 1.